The molecule has 2 aromatic heterocycles. The molecule has 3 rings (SSSR count). The summed E-state index contributed by atoms with van der Waals surface area (Å²) in [4.78, 5) is 21.5. The molecule has 0 aliphatic carbocycles. The number of aryl methyl sites for hydroxylation is 1. The van der Waals surface area contributed by atoms with E-state index < -0.39 is 5.25 Å². The number of nitrogen functional groups attached to an aromatic ring is 1. The van der Waals surface area contributed by atoms with E-state index in [1.165, 1.54) is 21.3 Å². The van der Waals surface area contributed by atoms with Gasteiger partial charge in [0.05, 0.1) is 32.1 Å². The topological polar surface area (TPSA) is 156 Å². The molecule has 37 heavy (non-hydrogen) atoms. The number of nitriles is 2. The normalized spacial score (nSPS) is 11.1. The zero-order valence-electron chi connectivity index (χ0n) is 21.1. The van der Waals surface area contributed by atoms with Gasteiger partial charge in [0.25, 0.3) is 0 Å². The van der Waals surface area contributed by atoms with Crippen molar-refractivity contribution < 1.29 is 19.0 Å². The number of thioether (sulfide) groups is 1. The van der Waals surface area contributed by atoms with Crippen LogP contribution in [0.15, 0.2) is 35.5 Å². The van der Waals surface area contributed by atoms with E-state index in [2.05, 4.69) is 21.4 Å². The Morgan fingerprint density at radius 3 is 2.27 bits per heavy atom. The summed E-state index contributed by atoms with van der Waals surface area (Å²) in [6.45, 7) is 3.75. The van der Waals surface area contributed by atoms with E-state index in [0.717, 1.165) is 17.3 Å². The van der Waals surface area contributed by atoms with Crippen molar-refractivity contribution in [3.8, 4) is 40.5 Å². The van der Waals surface area contributed by atoms with Crippen molar-refractivity contribution in [1.29, 1.82) is 10.5 Å². The van der Waals surface area contributed by atoms with Crippen LogP contribution in [0.2, 0.25) is 0 Å². The minimum absolute atomic E-state index is 0.0247. The van der Waals surface area contributed by atoms with E-state index in [1.54, 1.807) is 24.4 Å². The van der Waals surface area contributed by atoms with Crippen LogP contribution in [0.5, 0.6) is 17.2 Å². The molecule has 0 spiro atoms. The van der Waals surface area contributed by atoms with Gasteiger partial charge in [-0.05, 0) is 48.7 Å². The van der Waals surface area contributed by atoms with Gasteiger partial charge in [-0.25, -0.2) is 9.97 Å². The van der Waals surface area contributed by atoms with E-state index in [1.807, 2.05) is 26.0 Å². The number of carbonyl (C=O) groups excluding carboxylic acids is 1. The minimum atomic E-state index is -0.609. The predicted octanol–water partition coefficient (Wildman–Crippen LogP) is 4.31. The molecule has 0 fully saturated rings. The molecule has 0 aliphatic heterocycles. The van der Waals surface area contributed by atoms with Crippen LogP contribution in [0.4, 0.5) is 11.6 Å². The van der Waals surface area contributed by atoms with E-state index in [4.69, 9.17) is 19.9 Å². The van der Waals surface area contributed by atoms with Crippen LogP contribution in [0, 0.1) is 29.6 Å². The molecule has 1 atom stereocenters. The smallest absolute Gasteiger partial charge is 0.239 e. The third-order valence-electron chi connectivity index (χ3n) is 5.45. The lowest BCUT2D eigenvalue weighted by atomic mass is 9.96. The monoisotopic (exact) mass is 518 g/mol. The zero-order chi connectivity index (χ0) is 27.1. The Labute approximate surface area is 219 Å². The maximum atomic E-state index is 13.0. The Kier molecular flexibility index (Phi) is 8.77. The lowest BCUT2D eigenvalue weighted by Crippen LogP contribution is -2.25. The summed E-state index contributed by atoms with van der Waals surface area (Å²) >= 11 is 1.09. The highest BCUT2D eigenvalue weighted by atomic mass is 32.2. The zero-order valence-corrected chi connectivity index (χ0v) is 21.9. The molecule has 1 aromatic carbocycles. The number of hydrogen-bond donors (Lipinski definition) is 2. The number of methoxy groups -OCH3 is 3. The van der Waals surface area contributed by atoms with Crippen LogP contribution in [0.25, 0.3) is 11.1 Å². The Hall–Kier alpha value is -4.48. The van der Waals surface area contributed by atoms with Gasteiger partial charge in [0.1, 0.15) is 34.4 Å². The molecule has 10 nitrogen and oxygen atoms in total. The standard InChI is InChI=1S/C26H26N6O4S/c1-6-20(25(33)31-21-9-14(2)7-8-30-21)37-26-17(13-28)22(16(12-27)24(29)32-26)15-10-18(34-3)23(36-5)19(11-15)35-4/h7-11,20H,6H2,1-5H3,(H2,29,32)(H,30,31,33). The molecule has 2 heterocycles. The fourth-order valence-corrected chi connectivity index (χ4v) is 4.68. The number of ether oxygens (including phenoxy) is 3. The third-order valence-corrected chi connectivity index (χ3v) is 6.80. The van der Waals surface area contributed by atoms with Crippen molar-refractivity contribution in [2.45, 2.75) is 30.5 Å². The molecule has 3 aromatic rings. The number of aromatic nitrogens is 2. The van der Waals surface area contributed by atoms with Crippen molar-refractivity contribution >= 4 is 29.3 Å². The molecule has 0 aliphatic rings. The first kappa shape index (κ1) is 27.1. The highest BCUT2D eigenvalue weighted by Gasteiger charge is 2.27. The molecule has 11 heteroatoms. The highest BCUT2D eigenvalue weighted by molar-refractivity contribution is 8.00. The molecule has 1 amide bonds. The van der Waals surface area contributed by atoms with Crippen LogP contribution in [-0.4, -0.2) is 42.5 Å². The molecule has 0 bridgehead atoms. The largest absolute Gasteiger partial charge is 0.493 e. The number of carbonyl (C=O) groups is 1. The Bertz CT molecular complexity index is 1390. The molecule has 190 valence electrons. The second-order valence-corrected chi connectivity index (χ2v) is 8.98. The van der Waals surface area contributed by atoms with Crippen molar-refractivity contribution in [3.63, 3.8) is 0 Å². The number of nitrogens with one attached hydrogen (secondary N) is 1. The van der Waals surface area contributed by atoms with Gasteiger partial charge in [-0.1, -0.05) is 18.7 Å². The quantitative estimate of drug-likeness (QED) is 0.391. The Balaban J connectivity index is 2.13. The van der Waals surface area contributed by atoms with Gasteiger partial charge in [-0.2, -0.15) is 10.5 Å². The van der Waals surface area contributed by atoms with Crippen LogP contribution < -0.4 is 25.3 Å². The predicted molar refractivity (Wildman–Crippen MR) is 141 cm³/mol. The fraction of sp³-hybridized carbons (Fsp3) is 0.269. The Morgan fingerprint density at radius 1 is 1.11 bits per heavy atom. The second-order valence-electron chi connectivity index (χ2n) is 7.79. The summed E-state index contributed by atoms with van der Waals surface area (Å²) in [5.74, 6) is 1.10. The van der Waals surface area contributed by atoms with Crippen molar-refractivity contribution in [2.24, 2.45) is 0 Å². The second kappa shape index (κ2) is 12.0. The first-order valence-corrected chi connectivity index (χ1v) is 12.0. The summed E-state index contributed by atoms with van der Waals surface area (Å²) < 4.78 is 16.3. The van der Waals surface area contributed by atoms with Gasteiger partial charge in [-0.3, -0.25) is 4.79 Å². The molecule has 0 saturated heterocycles. The van der Waals surface area contributed by atoms with E-state index in [-0.39, 0.29) is 33.4 Å². The lowest BCUT2D eigenvalue weighted by Gasteiger charge is -2.19. The first-order chi connectivity index (χ1) is 17.8. The Morgan fingerprint density at radius 2 is 1.76 bits per heavy atom. The molecule has 1 unspecified atom stereocenters. The number of benzene rings is 1. The summed E-state index contributed by atoms with van der Waals surface area (Å²) in [5.41, 5.74) is 7.95. The molecular weight excluding hydrogens is 492 g/mol. The van der Waals surface area contributed by atoms with Crippen molar-refractivity contribution in [3.05, 3.63) is 47.2 Å². The number of nitrogens with zero attached hydrogens (tertiary/aromatic N) is 4. The third kappa shape index (κ3) is 5.68. The molecular formula is C26H26N6O4S. The molecule has 0 radical (unpaired) electrons. The summed E-state index contributed by atoms with van der Waals surface area (Å²) in [7, 11) is 4.41. The molecule has 3 N–H and O–H groups in total. The first-order valence-electron chi connectivity index (χ1n) is 11.2. The van der Waals surface area contributed by atoms with E-state index in [9.17, 15) is 15.3 Å². The van der Waals surface area contributed by atoms with E-state index >= 15 is 0 Å². The van der Waals surface area contributed by atoms with Gasteiger partial charge >= 0.3 is 0 Å². The van der Waals surface area contributed by atoms with Crippen molar-refractivity contribution in [2.75, 3.05) is 32.4 Å². The van der Waals surface area contributed by atoms with Crippen molar-refractivity contribution in [1.82, 2.24) is 9.97 Å². The summed E-state index contributed by atoms with van der Waals surface area (Å²) in [6.07, 6.45) is 2.05. The van der Waals surface area contributed by atoms with Gasteiger partial charge in [-0.15, -0.1) is 0 Å². The van der Waals surface area contributed by atoms with Gasteiger partial charge in [0.2, 0.25) is 11.7 Å². The maximum Gasteiger partial charge on any atom is 0.239 e. The number of nitrogens with two attached hydrogens (primary N) is 1. The SMILES string of the molecule is CCC(Sc1nc(N)c(C#N)c(-c2cc(OC)c(OC)c(OC)c2)c1C#N)C(=O)Nc1cc(C)ccn1. The van der Waals surface area contributed by atoms with Gasteiger partial charge in [0.15, 0.2) is 11.5 Å². The lowest BCUT2D eigenvalue weighted by molar-refractivity contribution is -0.115. The van der Waals surface area contributed by atoms with Crippen LogP contribution in [-0.2, 0) is 4.79 Å². The number of hydrogen-bond acceptors (Lipinski definition) is 10. The number of anilines is 2. The molecule has 0 saturated carbocycles. The van der Waals surface area contributed by atoms with Crippen LogP contribution in [0.3, 0.4) is 0 Å². The number of rotatable bonds is 9. The van der Waals surface area contributed by atoms with Crippen LogP contribution in [0.1, 0.15) is 30.0 Å². The average molecular weight is 519 g/mol. The van der Waals surface area contributed by atoms with Crippen LogP contribution >= 0.6 is 11.8 Å². The maximum absolute atomic E-state index is 13.0. The highest BCUT2D eigenvalue weighted by Crippen LogP contribution is 2.44. The number of pyridine rings is 2. The summed E-state index contributed by atoms with van der Waals surface area (Å²) in [6, 6.07) is 11.0. The van der Waals surface area contributed by atoms with E-state index in [0.29, 0.717) is 35.1 Å². The van der Waals surface area contributed by atoms with Gasteiger partial charge < -0.3 is 25.3 Å². The minimum Gasteiger partial charge on any atom is -0.493 e. The number of amides is 1. The summed E-state index contributed by atoms with van der Waals surface area (Å²) in [5, 5.41) is 22.5. The fourth-order valence-electron chi connectivity index (χ4n) is 3.67. The average Bonchev–Trinajstić information content (AvgIpc) is 2.90. The van der Waals surface area contributed by atoms with Gasteiger partial charge in [0, 0.05) is 11.8 Å².